The molecule has 30 heavy (non-hydrogen) atoms. The Balaban J connectivity index is 3.41. The first-order valence-corrected chi connectivity index (χ1v) is 13.1. The van der Waals surface area contributed by atoms with Crippen molar-refractivity contribution in [2.24, 2.45) is 0 Å². The van der Waals surface area contributed by atoms with Crippen molar-refractivity contribution >= 4 is 13.7 Å². The maximum atomic E-state index is 11.7. The van der Waals surface area contributed by atoms with Crippen LogP contribution >= 0.6 is 7.82 Å². The summed E-state index contributed by atoms with van der Waals surface area (Å²) < 4.78 is 20.7. The molecule has 0 saturated heterocycles. The van der Waals surface area contributed by atoms with Crippen molar-refractivity contribution in [1.29, 1.82) is 0 Å². The molecule has 0 rings (SSSR count). The van der Waals surface area contributed by atoms with Gasteiger partial charge in [-0.1, -0.05) is 84.0 Å². The number of unbranched alkanes of at least 4 members (excludes halogenated alkanes) is 12. The van der Waals surface area contributed by atoms with Gasteiger partial charge in [-0.15, -0.1) is 0 Å². The number of carbonyl (C=O) groups is 1. The average Bonchev–Trinajstić information content (AvgIpc) is 2.73. The van der Waals surface area contributed by atoms with Crippen LogP contribution < -0.4 is 5.32 Å². The van der Waals surface area contributed by atoms with Crippen molar-refractivity contribution in [2.45, 2.75) is 103 Å². The van der Waals surface area contributed by atoms with Crippen molar-refractivity contribution in [2.75, 3.05) is 26.4 Å². The van der Waals surface area contributed by atoms with Crippen LogP contribution in [0.4, 0.5) is 0 Å². The van der Waals surface area contributed by atoms with Gasteiger partial charge in [0.25, 0.3) is 0 Å². The molecular formula is C21H44NO7P. The predicted octanol–water partition coefficient (Wildman–Crippen LogP) is 4.07. The first-order valence-electron chi connectivity index (χ1n) is 11.6. The number of hydrogen-bond acceptors (Lipinski definition) is 6. The zero-order chi connectivity index (χ0) is 22.5. The molecule has 0 aromatic carbocycles. The van der Waals surface area contributed by atoms with E-state index in [0.717, 1.165) is 19.3 Å². The quantitative estimate of drug-likeness (QED) is 0.144. The maximum absolute atomic E-state index is 11.7. The Morgan fingerprint density at radius 2 is 1.40 bits per heavy atom. The van der Waals surface area contributed by atoms with Crippen molar-refractivity contribution in [3.63, 3.8) is 0 Å². The smallest absolute Gasteiger partial charge is 0.394 e. The van der Waals surface area contributed by atoms with Crippen molar-refractivity contribution < 1.29 is 33.5 Å². The van der Waals surface area contributed by atoms with Crippen LogP contribution in [-0.2, 0) is 18.4 Å². The molecule has 2 atom stereocenters. The third-order valence-electron chi connectivity index (χ3n) is 4.83. The highest BCUT2D eigenvalue weighted by atomic mass is 31.2. The number of aliphatic hydroxyl groups is 2. The number of phosphoric acid groups is 1. The number of phosphoric ester groups is 1. The third kappa shape index (κ3) is 20.8. The Hall–Kier alpha value is -0.500. The van der Waals surface area contributed by atoms with Crippen LogP contribution in [-0.4, -0.2) is 53.5 Å². The van der Waals surface area contributed by atoms with E-state index < -0.39 is 27.1 Å². The lowest BCUT2D eigenvalue weighted by molar-refractivity contribution is -0.121. The van der Waals surface area contributed by atoms with Gasteiger partial charge < -0.3 is 20.4 Å². The Bertz CT molecular complexity index is 451. The van der Waals surface area contributed by atoms with Gasteiger partial charge in [-0.05, 0) is 6.42 Å². The second kappa shape index (κ2) is 20.4. The lowest BCUT2D eigenvalue weighted by Crippen LogP contribution is -2.27. The Morgan fingerprint density at radius 1 is 0.900 bits per heavy atom. The number of aliphatic hydroxyl groups excluding tert-OH is 2. The van der Waals surface area contributed by atoms with E-state index in [9.17, 15) is 14.3 Å². The SMILES string of the molecule is CCCCCCCCCCCCCCCC(=O)NCCOP(=O)(O)OC[C@H](O)CO. The summed E-state index contributed by atoms with van der Waals surface area (Å²) in [5, 5.41) is 20.3. The molecule has 0 spiro atoms. The molecule has 180 valence electrons. The van der Waals surface area contributed by atoms with Gasteiger partial charge in [0, 0.05) is 13.0 Å². The Morgan fingerprint density at radius 3 is 1.90 bits per heavy atom. The van der Waals surface area contributed by atoms with Crippen molar-refractivity contribution in [3.05, 3.63) is 0 Å². The molecule has 0 heterocycles. The first-order chi connectivity index (χ1) is 14.4. The van der Waals surface area contributed by atoms with E-state index in [0.29, 0.717) is 6.42 Å². The molecule has 1 unspecified atom stereocenters. The normalized spacial score (nSPS) is 14.4. The number of hydrogen-bond donors (Lipinski definition) is 4. The molecule has 0 aromatic heterocycles. The zero-order valence-corrected chi connectivity index (χ0v) is 19.6. The molecular weight excluding hydrogens is 409 g/mol. The zero-order valence-electron chi connectivity index (χ0n) is 18.7. The summed E-state index contributed by atoms with van der Waals surface area (Å²) in [7, 11) is -4.29. The lowest BCUT2D eigenvalue weighted by atomic mass is 10.0. The molecule has 1 amide bonds. The summed E-state index contributed by atoms with van der Waals surface area (Å²) in [6.07, 6.45) is 15.5. The fourth-order valence-corrected chi connectivity index (χ4v) is 3.77. The summed E-state index contributed by atoms with van der Waals surface area (Å²) >= 11 is 0. The molecule has 8 nitrogen and oxygen atoms in total. The van der Waals surface area contributed by atoms with E-state index >= 15 is 0 Å². The monoisotopic (exact) mass is 453 g/mol. The number of amides is 1. The average molecular weight is 454 g/mol. The minimum atomic E-state index is -4.29. The van der Waals surface area contributed by atoms with Crippen LogP contribution in [0, 0.1) is 0 Å². The minimum absolute atomic E-state index is 0.105. The van der Waals surface area contributed by atoms with Crippen LogP contribution in [0.2, 0.25) is 0 Å². The Kier molecular flexibility index (Phi) is 20.1. The topological polar surface area (TPSA) is 125 Å². The molecule has 0 fully saturated rings. The van der Waals surface area contributed by atoms with E-state index in [-0.39, 0.29) is 19.1 Å². The van der Waals surface area contributed by atoms with Gasteiger partial charge in [0.05, 0.1) is 19.8 Å². The summed E-state index contributed by atoms with van der Waals surface area (Å²) in [4.78, 5) is 21.1. The van der Waals surface area contributed by atoms with Crippen molar-refractivity contribution in [1.82, 2.24) is 5.32 Å². The highest BCUT2D eigenvalue weighted by molar-refractivity contribution is 7.47. The summed E-state index contributed by atoms with van der Waals surface area (Å²) in [5.41, 5.74) is 0. The van der Waals surface area contributed by atoms with Gasteiger partial charge in [0.15, 0.2) is 0 Å². The van der Waals surface area contributed by atoms with Gasteiger partial charge in [0.1, 0.15) is 6.10 Å². The van der Waals surface area contributed by atoms with Gasteiger partial charge in [-0.3, -0.25) is 13.8 Å². The van der Waals surface area contributed by atoms with Crippen LogP contribution in [0.3, 0.4) is 0 Å². The molecule has 0 aromatic rings. The molecule has 9 heteroatoms. The van der Waals surface area contributed by atoms with Crippen LogP contribution in [0.25, 0.3) is 0 Å². The van der Waals surface area contributed by atoms with Gasteiger partial charge in [-0.2, -0.15) is 0 Å². The molecule has 0 aliphatic rings. The fraction of sp³-hybridized carbons (Fsp3) is 0.952. The van der Waals surface area contributed by atoms with Crippen LogP contribution in [0.1, 0.15) is 96.8 Å². The molecule has 0 radical (unpaired) electrons. The highest BCUT2D eigenvalue weighted by Gasteiger charge is 2.22. The van der Waals surface area contributed by atoms with E-state index in [1.807, 2.05) is 0 Å². The van der Waals surface area contributed by atoms with Gasteiger partial charge in [0.2, 0.25) is 5.91 Å². The third-order valence-corrected chi connectivity index (χ3v) is 5.81. The number of nitrogens with one attached hydrogen (secondary N) is 1. The van der Waals surface area contributed by atoms with E-state index in [2.05, 4.69) is 21.3 Å². The predicted molar refractivity (Wildman–Crippen MR) is 118 cm³/mol. The minimum Gasteiger partial charge on any atom is -0.394 e. The highest BCUT2D eigenvalue weighted by Crippen LogP contribution is 2.42. The van der Waals surface area contributed by atoms with Crippen molar-refractivity contribution in [3.8, 4) is 0 Å². The van der Waals surface area contributed by atoms with Crippen LogP contribution in [0.5, 0.6) is 0 Å². The molecule has 4 N–H and O–H groups in total. The molecule has 0 saturated carbocycles. The fourth-order valence-electron chi connectivity index (χ4n) is 3.01. The summed E-state index contributed by atoms with van der Waals surface area (Å²) in [6.45, 7) is 1.10. The number of rotatable bonds is 22. The first kappa shape index (κ1) is 29.5. The molecule has 0 bridgehead atoms. The second-order valence-corrected chi connectivity index (χ2v) is 9.23. The summed E-state index contributed by atoms with van der Waals surface area (Å²) in [5.74, 6) is -0.105. The largest absolute Gasteiger partial charge is 0.472 e. The second-order valence-electron chi connectivity index (χ2n) is 7.78. The van der Waals surface area contributed by atoms with Gasteiger partial charge >= 0.3 is 7.82 Å². The van der Waals surface area contributed by atoms with Crippen LogP contribution in [0.15, 0.2) is 0 Å². The maximum Gasteiger partial charge on any atom is 0.472 e. The van der Waals surface area contributed by atoms with E-state index in [1.165, 1.54) is 64.2 Å². The molecule has 0 aliphatic carbocycles. The van der Waals surface area contributed by atoms with Gasteiger partial charge in [-0.25, -0.2) is 4.57 Å². The molecule has 0 aliphatic heterocycles. The lowest BCUT2D eigenvalue weighted by Gasteiger charge is -2.14. The van der Waals surface area contributed by atoms with E-state index in [4.69, 9.17) is 10.2 Å². The number of carbonyl (C=O) groups excluding carboxylic acids is 1. The van der Waals surface area contributed by atoms with E-state index in [1.54, 1.807) is 0 Å². The Labute approximate surface area is 182 Å². The summed E-state index contributed by atoms with van der Waals surface area (Å²) in [6, 6.07) is 0. The standard InChI is InChI=1S/C21H44NO7P/c1-2-3-4-5-6-7-8-9-10-11-12-13-14-15-21(25)22-16-17-28-30(26,27)29-19-20(24)18-23/h20,23-24H,2-19H2,1H3,(H,22,25)(H,26,27)/t20-/m1/s1.